The molecule has 47 heavy (non-hydrogen) atoms. The SMILES string of the molecule is CCCCCC1CCC(c2ccc(-c3ccc(C4CCC(C(F)(F)Oc5ccc(S(F)(F)(F)(F)F)c(F)c5)CC4)c(F)c3)cc2)CC1. The highest BCUT2D eigenvalue weighted by atomic mass is 32.5. The smallest absolute Gasteiger partial charge is 0.400 e. The molecule has 3 aromatic carbocycles. The molecular weight excluding hydrogens is 651 g/mol. The van der Waals surface area contributed by atoms with Gasteiger partial charge in [-0.25, -0.2) is 8.78 Å². The highest BCUT2D eigenvalue weighted by Crippen LogP contribution is 3.02. The summed E-state index contributed by atoms with van der Waals surface area (Å²) in [7, 11) is -10.3. The van der Waals surface area contributed by atoms with Crippen LogP contribution < -0.4 is 4.74 Å². The molecule has 0 amide bonds. The van der Waals surface area contributed by atoms with Crippen molar-refractivity contribution in [2.45, 2.75) is 107 Å². The Morgan fingerprint density at radius 1 is 0.681 bits per heavy atom. The van der Waals surface area contributed by atoms with Gasteiger partial charge in [0.15, 0.2) is 0 Å². The molecule has 0 aromatic heterocycles. The maximum Gasteiger partial charge on any atom is 0.400 e. The van der Waals surface area contributed by atoms with Gasteiger partial charge in [0.1, 0.15) is 22.3 Å². The Morgan fingerprint density at radius 3 is 1.87 bits per heavy atom. The van der Waals surface area contributed by atoms with E-state index in [1.54, 1.807) is 6.07 Å². The molecule has 0 heterocycles. The van der Waals surface area contributed by atoms with Crippen LogP contribution in [-0.4, -0.2) is 6.11 Å². The van der Waals surface area contributed by atoms with Gasteiger partial charge in [-0.05, 0) is 110 Å². The molecule has 260 valence electrons. The van der Waals surface area contributed by atoms with Gasteiger partial charge in [0, 0.05) is 6.07 Å². The zero-order valence-corrected chi connectivity index (χ0v) is 27.1. The summed E-state index contributed by atoms with van der Waals surface area (Å²) in [6, 6.07) is 13.1. The van der Waals surface area contributed by atoms with Crippen molar-refractivity contribution in [3.63, 3.8) is 0 Å². The molecule has 1 nitrogen and oxygen atoms in total. The van der Waals surface area contributed by atoms with Gasteiger partial charge in [-0.15, -0.1) is 0 Å². The van der Waals surface area contributed by atoms with E-state index in [2.05, 4.69) is 23.8 Å². The van der Waals surface area contributed by atoms with Crippen LogP contribution in [0.15, 0.2) is 65.6 Å². The van der Waals surface area contributed by atoms with Gasteiger partial charge in [-0.2, -0.15) is 8.78 Å². The van der Waals surface area contributed by atoms with Crippen LogP contribution in [0.2, 0.25) is 0 Å². The average molecular weight is 693 g/mol. The summed E-state index contributed by atoms with van der Waals surface area (Å²) in [5.74, 6) is -4.16. The second-order valence-corrected chi connectivity index (χ2v) is 15.7. The van der Waals surface area contributed by atoms with Crippen LogP contribution in [0.1, 0.15) is 107 Å². The van der Waals surface area contributed by atoms with Gasteiger partial charge in [0.25, 0.3) is 0 Å². The van der Waals surface area contributed by atoms with Gasteiger partial charge in [-0.1, -0.05) is 88.4 Å². The van der Waals surface area contributed by atoms with Gasteiger partial charge in [-0.3, -0.25) is 0 Å². The minimum atomic E-state index is -10.3. The molecule has 3 aromatic rings. The fraction of sp³-hybridized carbons (Fsp3) is 0.500. The fourth-order valence-electron chi connectivity index (χ4n) is 7.29. The van der Waals surface area contributed by atoms with Crippen molar-refractivity contribution in [2.24, 2.45) is 11.8 Å². The lowest BCUT2D eigenvalue weighted by atomic mass is 9.77. The molecule has 2 saturated carbocycles. The maximum absolute atomic E-state index is 15.3. The van der Waals surface area contributed by atoms with Gasteiger partial charge < -0.3 is 4.74 Å². The Bertz CT molecular complexity index is 1520. The molecule has 11 heteroatoms. The molecule has 2 aliphatic rings. The van der Waals surface area contributed by atoms with Crippen LogP contribution in [0.25, 0.3) is 11.1 Å². The third kappa shape index (κ3) is 8.81. The van der Waals surface area contributed by atoms with E-state index < -0.39 is 44.5 Å². The largest absolute Gasteiger partial charge is 0.432 e. The topological polar surface area (TPSA) is 9.23 Å². The first-order valence-electron chi connectivity index (χ1n) is 16.4. The lowest BCUT2D eigenvalue weighted by Gasteiger charge is -2.40. The summed E-state index contributed by atoms with van der Waals surface area (Å²) in [5, 5.41) is 0. The zero-order valence-electron chi connectivity index (χ0n) is 26.3. The Labute approximate surface area is 270 Å². The van der Waals surface area contributed by atoms with E-state index in [0.29, 0.717) is 11.5 Å². The lowest BCUT2D eigenvalue weighted by Crippen LogP contribution is -2.37. The van der Waals surface area contributed by atoms with Crippen LogP contribution >= 0.6 is 10.2 Å². The third-order valence-electron chi connectivity index (χ3n) is 9.99. The monoisotopic (exact) mass is 692 g/mol. The Hall–Kier alpha value is -2.82. The van der Waals surface area contributed by atoms with Crippen LogP contribution in [0.4, 0.5) is 37.0 Å². The maximum atomic E-state index is 15.3. The fourth-order valence-corrected chi connectivity index (χ4v) is 8.04. The quantitative estimate of drug-likeness (QED) is 0.144. The van der Waals surface area contributed by atoms with E-state index in [0.717, 1.165) is 17.0 Å². The van der Waals surface area contributed by atoms with Crippen molar-refractivity contribution in [1.29, 1.82) is 0 Å². The number of benzene rings is 3. The molecule has 0 saturated heterocycles. The second-order valence-electron chi connectivity index (χ2n) is 13.3. The van der Waals surface area contributed by atoms with Crippen LogP contribution in [0.3, 0.4) is 0 Å². The normalized spacial score (nSPS) is 24.0. The summed E-state index contributed by atoms with van der Waals surface area (Å²) < 4.78 is 128. The Balaban J connectivity index is 1.16. The first-order chi connectivity index (χ1) is 21.9. The van der Waals surface area contributed by atoms with E-state index in [4.69, 9.17) is 0 Å². The number of unbranched alkanes of at least 4 members (excludes halogenated alkanes) is 2. The molecule has 0 atom stereocenters. The molecular formula is C36H41F9OS. The molecule has 0 bridgehead atoms. The number of alkyl halides is 2. The molecule has 0 aliphatic heterocycles. The number of rotatable bonds is 11. The molecule has 2 aliphatic carbocycles. The van der Waals surface area contributed by atoms with Crippen molar-refractivity contribution < 1.29 is 41.7 Å². The predicted octanol–water partition coefficient (Wildman–Crippen LogP) is 14.1. The molecule has 2 fully saturated rings. The van der Waals surface area contributed by atoms with E-state index in [1.165, 1.54) is 63.0 Å². The third-order valence-corrected chi connectivity index (χ3v) is 11.2. The summed E-state index contributed by atoms with van der Waals surface area (Å²) >= 11 is 0. The second kappa shape index (κ2) is 12.9. The van der Waals surface area contributed by atoms with Gasteiger partial charge >= 0.3 is 16.3 Å². The van der Waals surface area contributed by atoms with Gasteiger partial charge in [0.05, 0.1) is 5.92 Å². The molecule has 0 spiro atoms. The number of ether oxygens (including phenoxy) is 1. The summed E-state index contributed by atoms with van der Waals surface area (Å²) in [5.41, 5.74) is 3.33. The van der Waals surface area contributed by atoms with Crippen LogP contribution in [0.5, 0.6) is 5.75 Å². The highest BCUT2D eigenvalue weighted by Gasteiger charge is 2.67. The standard InChI is InChI=1S/C36H41F9OS/c1-2-3-4-5-24-6-8-25(9-7-24)26-10-12-27(13-11-26)29-16-20-32(33(37)22-29)28-14-17-30(18-15-28)36(39,40)46-31-19-21-35(34(38)23-31)47(41,42,43,44)45/h10-13,16,19-25,28,30H,2-9,14-15,17-18H2,1H3. The Kier molecular flexibility index (Phi) is 9.74. The zero-order chi connectivity index (χ0) is 34.1. The number of hydrogen-bond acceptors (Lipinski definition) is 1. The van der Waals surface area contributed by atoms with Gasteiger partial charge in [0.2, 0.25) is 0 Å². The lowest BCUT2D eigenvalue weighted by molar-refractivity contribution is -0.222. The van der Waals surface area contributed by atoms with E-state index in [-0.39, 0.29) is 49.8 Å². The summed E-state index contributed by atoms with van der Waals surface area (Å²) in [6.45, 7) is 2.23. The molecule has 5 rings (SSSR count). The van der Waals surface area contributed by atoms with Crippen molar-refractivity contribution in [3.05, 3.63) is 83.4 Å². The van der Waals surface area contributed by atoms with Crippen molar-refractivity contribution in [2.75, 3.05) is 0 Å². The first-order valence-corrected chi connectivity index (χ1v) is 18.4. The molecule has 0 unspecified atom stereocenters. The van der Waals surface area contributed by atoms with Crippen LogP contribution in [0, 0.1) is 23.5 Å². The number of hydrogen-bond donors (Lipinski definition) is 0. The van der Waals surface area contributed by atoms with Crippen molar-refractivity contribution in [3.8, 4) is 16.9 Å². The highest BCUT2D eigenvalue weighted by molar-refractivity contribution is 8.45. The Morgan fingerprint density at radius 2 is 1.30 bits per heavy atom. The minimum absolute atomic E-state index is 0.0903. The van der Waals surface area contributed by atoms with Crippen molar-refractivity contribution >= 4 is 10.2 Å². The van der Waals surface area contributed by atoms with E-state index in [1.807, 2.05) is 18.2 Å². The van der Waals surface area contributed by atoms with Crippen LogP contribution in [-0.2, 0) is 0 Å². The molecule has 0 radical (unpaired) electrons. The first kappa shape index (κ1) is 35.5. The minimum Gasteiger partial charge on any atom is -0.432 e. The van der Waals surface area contributed by atoms with E-state index in [9.17, 15) is 32.6 Å². The summed E-state index contributed by atoms with van der Waals surface area (Å²) in [4.78, 5) is -2.79. The molecule has 0 N–H and O–H groups in total. The summed E-state index contributed by atoms with van der Waals surface area (Å²) in [6.07, 6.45) is 6.41. The van der Waals surface area contributed by atoms with E-state index >= 15 is 4.39 Å². The predicted molar refractivity (Wildman–Crippen MR) is 169 cm³/mol. The number of halogens is 9. The van der Waals surface area contributed by atoms with Crippen molar-refractivity contribution in [1.82, 2.24) is 0 Å². The average Bonchev–Trinajstić information content (AvgIpc) is 3.00.